The van der Waals surface area contributed by atoms with Gasteiger partial charge in [-0.2, -0.15) is 0 Å². The topological polar surface area (TPSA) is 89.9 Å². The Balaban J connectivity index is 0.00000121. The van der Waals surface area contributed by atoms with Crippen molar-refractivity contribution in [2.75, 3.05) is 13.1 Å². The van der Waals surface area contributed by atoms with E-state index >= 15 is 0 Å². The second kappa shape index (κ2) is 4.27. The summed E-state index contributed by atoms with van der Waals surface area (Å²) in [6, 6.07) is 0.272. The fraction of sp³-hybridized carbons (Fsp3) is 0.857. The first kappa shape index (κ1) is 11.2. The van der Waals surface area contributed by atoms with Crippen LogP contribution >= 0.6 is 0 Å². The molecule has 2 atom stereocenters. The second-order valence-corrected chi connectivity index (χ2v) is 3.15. The van der Waals surface area contributed by atoms with Gasteiger partial charge < -0.3 is 21.4 Å². The fourth-order valence-electron chi connectivity index (χ4n) is 1.33. The van der Waals surface area contributed by atoms with Crippen molar-refractivity contribution in [3.63, 3.8) is 0 Å². The molecule has 2 amide bonds. The Labute approximate surface area is 72.2 Å². The lowest BCUT2D eigenvalue weighted by Crippen LogP contribution is -2.57. The van der Waals surface area contributed by atoms with Crippen LogP contribution in [0.1, 0.15) is 13.8 Å². The smallest absolute Gasteiger partial charge is 0.315 e. The van der Waals surface area contributed by atoms with Crippen molar-refractivity contribution < 1.29 is 10.3 Å². The van der Waals surface area contributed by atoms with Gasteiger partial charge in [0, 0.05) is 25.2 Å². The predicted octanol–water partition coefficient (Wildman–Crippen LogP) is -1.08. The monoisotopic (exact) mass is 175 g/mol. The Kier molecular flexibility index (Phi) is 3.99. The van der Waals surface area contributed by atoms with Crippen molar-refractivity contribution >= 4 is 6.03 Å². The Bertz CT molecular complexity index is 163. The highest BCUT2D eigenvalue weighted by Gasteiger charge is 2.24. The quantitative estimate of drug-likeness (QED) is 0.490. The van der Waals surface area contributed by atoms with Gasteiger partial charge in [0.1, 0.15) is 0 Å². The van der Waals surface area contributed by atoms with Gasteiger partial charge in [-0.3, -0.25) is 0 Å². The van der Waals surface area contributed by atoms with Crippen molar-refractivity contribution in [3.05, 3.63) is 0 Å². The Hall–Kier alpha value is -0.810. The zero-order valence-corrected chi connectivity index (χ0v) is 7.50. The molecule has 12 heavy (non-hydrogen) atoms. The van der Waals surface area contributed by atoms with E-state index in [0.717, 1.165) is 13.1 Å². The fourth-order valence-corrected chi connectivity index (χ4v) is 1.33. The molecule has 0 aromatic rings. The van der Waals surface area contributed by atoms with E-state index in [1.165, 1.54) is 0 Å². The van der Waals surface area contributed by atoms with Gasteiger partial charge in [-0.1, -0.05) is 0 Å². The van der Waals surface area contributed by atoms with Gasteiger partial charge in [0.2, 0.25) is 0 Å². The summed E-state index contributed by atoms with van der Waals surface area (Å²) >= 11 is 0. The normalized spacial score (nSPS) is 29.3. The van der Waals surface area contributed by atoms with Crippen LogP contribution in [0.3, 0.4) is 0 Å². The van der Waals surface area contributed by atoms with Crippen LogP contribution in [0.15, 0.2) is 0 Å². The molecule has 1 saturated heterocycles. The van der Waals surface area contributed by atoms with Gasteiger partial charge in [0.15, 0.2) is 0 Å². The van der Waals surface area contributed by atoms with E-state index in [1.807, 2.05) is 13.8 Å². The number of rotatable bonds is 0. The van der Waals surface area contributed by atoms with Crippen LogP contribution in [0, 0.1) is 0 Å². The van der Waals surface area contributed by atoms with E-state index in [9.17, 15) is 4.79 Å². The number of hydrogen-bond acceptors (Lipinski definition) is 2. The zero-order chi connectivity index (χ0) is 8.43. The molecule has 1 rings (SSSR count). The molecule has 5 nitrogen and oxygen atoms in total. The van der Waals surface area contributed by atoms with Crippen LogP contribution in [-0.4, -0.2) is 41.6 Å². The highest BCUT2D eigenvalue weighted by atomic mass is 16.2. The summed E-state index contributed by atoms with van der Waals surface area (Å²) < 4.78 is 0. The molecule has 0 aromatic carbocycles. The van der Waals surface area contributed by atoms with Crippen molar-refractivity contribution in [1.82, 2.24) is 10.2 Å². The third-order valence-electron chi connectivity index (χ3n) is 2.05. The number of hydrogen-bond donors (Lipinski definition) is 2. The molecule has 1 fully saturated rings. The van der Waals surface area contributed by atoms with Crippen LogP contribution in [0.2, 0.25) is 0 Å². The van der Waals surface area contributed by atoms with Gasteiger partial charge in [0.25, 0.3) is 0 Å². The Morgan fingerprint density at radius 1 is 1.58 bits per heavy atom. The maximum atomic E-state index is 10.8. The molecule has 0 aromatic heterocycles. The molecular formula is C7H17N3O2. The molecule has 5 heteroatoms. The summed E-state index contributed by atoms with van der Waals surface area (Å²) in [6.07, 6.45) is 0. The van der Waals surface area contributed by atoms with Gasteiger partial charge in [0.05, 0.1) is 0 Å². The maximum Gasteiger partial charge on any atom is 0.315 e. The number of primary amides is 1. The molecule has 72 valence electrons. The first-order chi connectivity index (χ1) is 5.11. The van der Waals surface area contributed by atoms with E-state index in [0.29, 0.717) is 6.04 Å². The number of nitrogens with zero attached hydrogens (tertiary/aromatic N) is 1. The summed E-state index contributed by atoms with van der Waals surface area (Å²) in [7, 11) is 0. The summed E-state index contributed by atoms with van der Waals surface area (Å²) in [5.74, 6) is 0. The molecule has 0 spiro atoms. The van der Waals surface area contributed by atoms with Crippen LogP contribution in [0.4, 0.5) is 4.79 Å². The molecule has 5 N–H and O–H groups in total. The number of nitrogens with two attached hydrogens (primary N) is 1. The zero-order valence-electron chi connectivity index (χ0n) is 7.50. The average molecular weight is 175 g/mol. The lowest BCUT2D eigenvalue weighted by molar-refractivity contribution is 0.158. The van der Waals surface area contributed by atoms with E-state index in [-0.39, 0.29) is 17.5 Å². The number of carbonyl (C=O) groups excluding carboxylic acids is 1. The first-order valence-electron chi connectivity index (χ1n) is 3.90. The molecule has 1 heterocycles. The molecular weight excluding hydrogens is 158 g/mol. The van der Waals surface area contributed by atoms with Crippen molar-refractivity contribution in [2.45, 2.75) is 25.9 Å². The largest absolute Gasteiger partial charge is 0.412 e. The molecule has 1 aliphatic rings. The van der Waals surface area contributed by atoms with Crippen LogP contribution in [0.25, 0.3) is 0 Å². The van der Waals surface area contributed by atoms with Crippen LogP contribution in [-0.2, 0) is 0 Å². The van der Waals surface area contributed by atoms with Crippen molar-refractivity contribution in [3.8, 4) is 0 Å². The summed E-state index contributed by atoms with van der Waals surface area (Å²) in [5.41, 5.74) is 5.18. The van der Waals surface area contributed by atoms with E-state index in [4.69, 9.17) is 5.73 Å². The number of carbonyl (C=O) groups is 1. The molecule has 1 aliphatic heterocycles. The SMILES string of the molecule is CC1CN(C(N)=O)C(C)CN1.O. The van der Waals surface area contributed by atoms with E-state index < -0.39 is 0 Å². The first-order valence-corrected chi connectivity index (χ1v) is 3.90. The maximum absolute atomic E-state index is 10.8. The standard InChI is InChI=1S/C7H15N3O.H2O/c1-5-4-10(7(8)11)6(2)3-9-5;/h5-6,9H,3-4H2,1-2H3,(H2,8,11);1H2. The Morgan fingerprint density at radius 2 is 2.17 bits per heavy atom. The number of piperazine rings is 1. The average Bonchev–Trinajstić information content (AvgIpc) is 1.94. The van der Waals surface area contributed by atoms with Gasteiger partial charge >= 0.3 is 6.03 Å². The molecule has 2 unspecified atom stereocenters. The summed E-state index contributed by atoms with van der Waals surface area (Å²) in [5, 5.41) is 3.27. The van der Waals surface area contributed by atoms with E-state index in [2.05, 4.69) is 5.32 Å². The van der Waals surface area contributed by atoms with Crippen LogP contribution in [0.5, 0.6) is 0 Å². The molecule has 0 saturated carbocycles. The lowest BCUT2D eigenvalue weighted by Gasteiger charge is -2.36. The predicted molar refractivity (Wildman–Crippen MR) is 46.8 cm³/mol. The summed E-state index contributed by atoms with van der Waals surface area (Å²) in [4.78, 5) is 12.5. The van der Waals surface area contributed by atoms with Crippen molar-refractivity contribution in [1.29, 1.82) is 0 Å². The van der Waals surface area contributed by atoms with Gasteiger partial charge in [-0.15, -0.1) is 0 Å². The van der Waals surface area contributed by atoms with Gasteiger partial charge in [-0.25, -0.2) is 4.79 Å². The molecule has 0 radical (unpaired) electrons. The lowest BCUT2D eigenvalue weighted by atomic mass is 10.1. The third kappa shape index (κ3) is 2.35. The van der Waals surface area contributed by atoms with E-state index in [1.54, 1.807) is 4.90 Å². The van der Waals surface area contributed by atoms with Crippen molar-refractivity contribution in [2.24, 2.45) is 5.73 Å². The minimum atomic E-state index is -0.314. The molecule has 0 bridgehead atoms. The number of nitrogens with one attached hydrogen (secondary N) is 1. The molecule has 0 aliphatic carbocycles. The number of amides is 2. The van der Waals surface area contributed by atoms with Crippen LogP contribution < -0.4 is 11.1 Å². The summed E-state index contributed by atoms with van der Waals surface area (Å²) in [6.45, 7) is 5.59. The highest BCUT2D eigenvalue weighted by molar-refractivity contribution is 5.72. The number of urea groups is 1. The highest BCUT2D eigenvalue weighted by Crippen LogP contribution is 2.04. The minimum Gasteiger partial charge on any atom is -0.412 e. The minimum absolute atomic E-state index is 0. The third-order valence-corrected chi connectivity index (χ3v) is 2.05. The second-order valence-electron chi connectivity index (χ2n) is 3.15. The Morgan fingerprint density at radius 3 is 2.58 bits per heavy atom. The van der Waals surface area contributed by atoms with Gasteiger partial charge in [-0.05, 0) is 13.8 Å².